The van der Waals surface area contributed by atoms with Gasteiger partial charge in [0.25, 0.3) is 0 Å². The van der Waals surface area contributed by atoms with E-state index in [0.29, 0.717) is 5.69 Å². The van der Waals surface area contributed by atoms with Crippen molar-refractivity contribution in [2.45, 2.75) is 19.9 Å². The molecular formula is C20H22BrN3O4S. The van der Waals surface area contributed by atoms with E-state index in [1.54, 1.807) is 36.4 Å². The molecule has 2 aromatic rings. The van der Waals surface area contributed by atoms with Crippen molar-refractivity contribution in [1.82, 2.24) is 10.0 Å². The van der Waals surface area contributed by atoms with Crippen LogP contribution in [0.2, 0.25) is 0 Å². The quantitative estimate of drug-likeness (QED) is 0.541. The molecule has 154 valence electrons. The zero-order valence-corrected chi connectivity index (χ0v) is 18.4. The minimum atomic E-state index is -3.82. The van der Waals surface area contributed by atoms with E-state index in [9.17, 15) is 18.0 Å². The first kappa shape index (κ1) is 22.8. The van der Waals surface area contributed by atoms with Crippen molar-refractivity contribution in [3.8, 4) is 0 Å². The predicted molar refractivity (Wildman–Crippen MR) is 118 cm³/mol. The van der Waals surface area contributed by atoms with Gasteiger partial charge in [-0.05, 0) is 49.2 Å². The average Bonchev–Trinajstić information content (AvgIpc) is 2.67. The summed E-state index contributed by atoms with van der Waals surface area (Å²) >= 11 is 3.35. The van der Waals surface area contributed by atoms with Gasteiger partial charge in [-0.25, -0.2) is 8.42 Å². The molecule has 0 radical (unpaired) electrons. The van der Waals surface area contributed by atoms with E-state index in [1.165, 1.54) is 13.0 Å². The van der Waals surface area contributed by atoms with Crippen LogP contribution in [0.1, 0.15) is 18.1 Å². The van der Waals surface area contributed by atoms with Gasteiger partial charge in [0.2, 0.25) is 21.8 Å². The largest absolute Gasteiger partial charge is 0.346 e. The van der Waals surface area contributed by atoms with Gasteiger partial charge in [0.15, 0.2) is 0 Å². The van der Waals surface area contributed by atoms with Gasteiger partial charge in [0.1, 0.15) is 0 Å². The lowest BCUT2D eigenvalue weighted by Gasteiger charge is -2.13. The van der Waals surface area contributed by atoms with E-state index in [2.05, 4.69) is 31.3 Å². The number of anilines is 1. The number of carbonyl (C=O) groups is 2. The molecule has 1 atom stereocenters. The maximum Gasteiger partial charge on any atom is 0.243 e. The molecule has 0 saturated heterocycles. The maximum absolute atomic E-state index is 12.1. The zero-order chi connectivity index (χ0) is 21.4. The number of halogens is 1. The molecule has 0 aromatic heterocycles. The van der Waals surface area contributed by atoms with E-state index in [0.717, 1.165) is 21.0 Å². The summed E-state index contributed by atoms with van der Waals surface area (Å²) in [7, 11) is -3.82. The average molecular weight is 480 g/mol. The van der Waals surface area contributed by atoms with Crippen LogP contribution in [0, 0.1) is 6.92 Å². The van der Waals surface area contributed by atoms with Gasteiger partial charge >= 0.3 is 0 Å². The normalized spacial score (nSPS) is 12.5. The highest BCUT2D eigenvalue weighted by Gasteiger charge is 2.19. The summed E-state index contributed by atoms with van der Waals surface area (Å²) in [4.78, 5) is 24.1. The predicted octanol–water partition coefficient (Wildman–Crippen LogP) is 2.79. The monoisotopic (exact) mass is 479 g/mol. The van der Waals surface area contributed by atoms with Crippen LogP contribution >= 0.6 is 15.9 Å². The molecule has 0 saturated carbocycles. The fraction of sp³-hybridized carbons (Fsp3) is 0.200. The highest BCUT2D eigenvalue weighted by atomic mass is 79.9. The SMILES string of the molecule is Cc1cc(Br)ccc1NC(=O)CNC(=O)[C@@H](C)NS(=O)(=O)/C=C/c1ccccc1. The lowest BCUT2D eigenvalue weighted by Crippen LogP contribution is -2.46. The molecule has 0 fully saturated rings. The first-order valence-electron chi connectivity index (χ1n) is 8.75. The van der Waals surface area contributed by atoms with Gasteiger partial charge in [-0.3, -0.25) is 9.59 Å². The Morgan fingerprint density at radius 1 is 1.14 bits per heavy atom. The Morgan fingerprint density at radius 2 is 1.83 bits per heavy atom. The number of rotatable bonds is 8. The number of benzene rings is 2. The van der Waals surface area contributed by atoms with Crippen LogP contribution in [0.4, 0.5) is 5.69 Å². The first-order valence-corrected chi connectivity index (χ1v) is 11.1. The fourth-order valence-corrected chi connectivity index (χ4v) is 3.84. The van der Waals surface area contributed by atoms with Gasteiger partial charge in [0, 0.05) is 15.6 Å². The molecule has 0 spiro atoms. The fourth-order valence-electron chi connectivity index (χ4n) is 2.35. The van der Waals surface area contributed by atoms with Gasteiger partial charge < -0.3 is 10.6 Å². The number of hydrogen-bond acceptors (Lipinski definition) is 4. The molecule has 2 aromatic carbocycles. The van der Waals surface area contributed by atoms with Crippen LogP contribution in [0.25, 0.3) is 6.08 Å². The number of nitrogens with one attached hydrogen (secondary N) is 3. The van der Waals surface area contributed by atoms with Crippen LogP contribution in [-0.4, -0.2) is 32.8 Å². The number of hydrogen-bond donors (Lipinski definition) is 3. The Morgan fingerprint density at radius 3 is 2.48 bits per heavy atom. The van der Waals surface area contributed by atoms with Gasteiger partial charge in [0.05, 0.1) is 12.6 Å². The number of amides is 2. The van der Waals surface area contributed by atoms with E-state index < -0.39 is 27.9 Å². The zero-order valence-electron chi connectivity index (χ0n) is 16.0. The third-order valence-electron chi connectivity index (χ3n) is 3.86. The van der Waals surface area contributed by atoms with Crippen LogP contribution in [-0.2, 0) is 19.6 Å². The van der Waals surface area contributed by atoms with Crippen molar-refractivity contribution < 1.29 is 18.0 Å². The van der Waals surface area contributed by atoms with E-state index in [1.807, 2.05) is 19.1 Å². The summed E-state index contributed by atoms with van der Waals surface area (Å²) in [6, 6.07) is 13.3. The first-order chi connectivity index (χ1) is 13.7. The molecular weight excluding hydrogens is 458 g/mol. The summed E-state index contributed by atoms with van der Waals surface area (Å²) in [5.74, 6) is -1.02. The second kappa shape index (κ2) is 10.3. The van der Waals surface area contributed by atoms with Crippen molar-refractivity contribution in [2.75, 3.05) is 11.9 Å². The molecule has 0 unspecified atom stereocenters. The molecule has 2 amide bonds. The molecule has 0 bridgehead atoms. The van der Waals surface area contributed by atoms with Gasteiger partial charge in [-0.2, -0.15) is 4.72 Å². The Hall–Kier alpha value is -2.49. The lowest BCUT2D eigenvalue weighted by molar-refractivity contribution is -0.125. The Kier molecular flexibility index (Phi) is 8.12. The van der Waals surface area contributed by atoms with Crippen molar-refractivity contribution in [3.63, 3.8) is 0 Å². The van der Waals surface area contributed by atoms with Gasteiger partial charge in [-0.1, -0.05) is 46.3 Å². The minimum Gasteiger partial charge on any atom is -0.346 e. The molecule has 2 rings (SSSR count). The molecule has 0 aliphatic heterocycles. The standard InChI is InChI=1S/C20H22BrN3O4S/c1-14-12-17(21)8-9-18(14)23-19(25)13-22-20(26)15(2)24-29(27,28)11-10-16-6-4-3-5-7-16/h3-12,15,24H,13H2,1-2H3,(H,22,26)(H,23,25)/b11-10+/t15-/m1/s1. The Balaban J connectivity index is 1.85. The van der Waals surface area contributed by atoms with E-state index in [4.69, 9.17) is 0 Å². The molecule has 9 heteroatoms. The van der Waals surface area contributed by atoms with Gasteiger partial charge in [-0.15, -0.1) is 0 Å². The third-order valence-corrected chi connectivity index (χ3v) is 5.53. The Labute approximate surface area is 178 Å². The summed E-state index contributed by atoms with van der Waals surface area (Å²) in [6.45, 7) is 2.97. The van der Waals surface area contributed by atoms with Crippen LogP contribution < -0.4 is 15.4 Å². The third kappa shape index (κ3) is 7.80. The summed E-state index contributed by atoms with van der Waals surface area (Å²) < 4.78 is 27.3. The summed E-state index contributed by atoms with van der Waals surface area (Å²) in [5, 5.41) is 6.11. The van der Waals surface area contributed by atoms with Crippen LogP contribution in [0.3, 0.4) is 0 Å². The second-order valence-electron chi connectivity index (χ2n) is 6.32. The van der Waals surface area contributed by atoms with Crippen molar-refractivity contribution in [2.24, 2.45) is 0 Å². The summed E-state index contributed by atoms with van der Waals surface area (Å²) in [6.07, 6.45) is 1.43. The number of sulfonamides is 1. The number of aryl methyl sites for hydroxylation is 1. The van der Waals surface area contributed by atoms with Crippen molar-refractivity contribution in [3.05, 3.63) is 69.5 Å². The van der Waals surface area contributed by atoms with Crippen LogP contribution in [0.15, 0.2) is 58.4 Å². The topological polar surface area (TPSA) is 104 Å². The minimum absolute atomic E-state index is 0.278. The second-order valence-corrected chi connectivity index (χ2v) is 8.84. The molecule has 0 aliphatic carbocycles. The molecule has 29 heavy (non-hydrogen) atoms. The Bertz CT molecular complexity index is 1010. The highest BCUT2D eigenvalue weighted by Crippen LogP contribution is 2.19. The van der Waals surface area contributed by atoms with E-state index >= 15 is 0 Å². The molecule has 3 N–H and O–H groups in total. The molecule has 0 aliphatic rings. The number of carbonyl (C=O) groups excluding carboxylic acids is 2. The van der Waals surface area contributed by atoms with Crippen LogP contribution in [0.5, 0.6) is 0 Å². The van der Waals surface area contributed by atoms with E-state index in [-0.39, 0.29) is 6.54 Å². The highest BCUT2D eigenvalue weighted by molar-refractivity contribution is 9.10. The maximum atomic E-state index is 12.1. The lowest BCUT2D eigenvalue weighted by atomic mass is 10.2. The van der Waals surface area contributed by atoms with Crippen molar-refractivity contribution in [1.29, 1.82) is 0 Å². The molecule has 0 heterocycles. The smallest absolute Gasteiger partial charge is 0.243 e. The van der Waals surface area contributed by atoms with Crippen molar-refractivity contribution >= 4 is 49.5 Å². The molecule has 7 nitrogen and oxygen atoms in total. The summed E-state index contributed by atoms with van der Waals surface area (Å²) in [5.41, 5.74) is 2.22.